The molecule has 0 atom stereocenters. The SMILES string of the molecule is Fc1c(F)c(F)c(C=Nc2ccccc2N2CCOCC2)c(F)c1F. The molecule has 1 saturated heterocycles. The number of para-hydroxylation sites is 2. The van der Waals surface area contributed by atoms with Gasteiger partial charge >= 0.3 is 0 Å². The van der Waals surface area contributed by atoms with Crippen molar-refractivity contribution >= 4 is 17.6 Å². The molecule has 0 N–H and O–H groups in total. The van der Waals surface area contributed by atoms with Crippen LogP contribution in [-0.2, 0) is 4.74 Å². The van der Waals surface area contributed by atoms with Gasteiger partial charge in [0.2, 0.25) is 5.82 Å². The number of hydrogen-bond acceptors (Lipinski definition) is 3. The lowest BCUT2D eigenvalue weighted by atomic mass is 10.2. The zero-order valence-electron chi connectivity index (χ0n) is 12.9. The smallest absolute Gasteiger partial charge is 0.200 e. The third kappa shape index (κ3) is 3.34. The molecule has 1 aliphatic rings. The van der Waals surface area contributed by atoms with Crippen LogP contribution in [0.25, 0.3) is 0 Å². The van der Waals surface area contributed by atoms with Crippen molar-refractivity contribution < 1.29 is 26.7 Å². The Balaban J connectivity index is 1.99. The van der Waals surface area contributed by atoms with Gasteiger partial charge in [-0.1, -0.05) is 12.1 Å². The van der Waals surface area contributed by atoms with Crippen molar-refractivity contribution in [1.82, 2.24) is 0 Å². The Morgan fingerprint density at radius 3 is 2.04 bits per heavy atom. The van der Waals surface area contributed by atoms with Gasteiger partial charge in [-0.05, 0) is 12.1 Å². The van der Waals surface area contributed by atoms with Crippen LogP contribution in [0.5, 0.6) is 0 Å². The third-order valence-electron chi connectivity index (χ3n) is 3.81. The molecule has 132 valence electrons. The van der Waals surface area contributed by atoms with E-state index in [1.807, 2.05) is 4.90 Å². The monoisotopic (exact) mass is 356 g/mol. The Morgan fingerprint density at radius 1 is 0.840 bits per heavy atom. The zero-order chi connectivity index (χ0) is 18.0. The molecule has 0 radical (unpaired) electrons. The molecule has 25 heavy (non-hydrogen) atoms. The van der Waals surface area contributed by atoms with Crippen LogP contribution < -0.4 is 4.90 Å². The van der Waals surface area contributed by atoms with Crippen molar-refractivity contribution in [2.75, 3.05) is 31.2 Å². The van der Waals surface area contributed by atoms with Gasteiger partial charge in [0.05, 0.1) is 30.2 Å². The number of rotatable bonds is 3. The first-order valence-corrected chi connectivity index (χ1v) is 7.48. The molecule has 0 spiro atoms. The molecule has 3 nitrogen and oxygen atoms in total. The van der Waals surface area contributed by atoms with E-state index in [1.54, 1.807) is 24.3 Å². The van der Waals surface area contributed by atoms with Gasteiger partial charge in [0.1, 0.15) is 0 Å². The van der Waals surface area contributed by atoms with Crippen molar-refractivity contribution in [2.45, 2.75) is 0 Å². The second-order valence-corrected chi connectivity index (χ2v) is 5.33. The van der Waals surface area contributed by atoms with Crippen LogP contribution in [0.2, 0.25) is 0 Å². The molecule has 0 saturated carbocycles. The van der Waals surface area contributed by atoms with E-state index in [0.29, 0.717) is 43.9 Å². The predicted molar refractivity (Wildman–Crippen MR) is 83.0 cm³/mol. The second-order valence-electron chi connectivity index (χ2n) is 5.33. The van der Waals surface area contributed by atoms with Gasteiger partial charge < -0.3 is 9.64 Å². The lowest BCUT2D eigenvalue weighted by Gasteiger charge is -2.29. The van der Waals surface area contributed by atoms with Crippen LogP contribution in [0.15, 0.2) is 29.3 Å². The summed E-state index contributed by atoms with van der Waals surface area (Å²) >= 11 is 0. The van der Waals surface area contributed by atoms with E-state index in [1.165, 1.54) is 0 Å². The number of morpholine rings is 1. The summed E-state index contributed by atoms with van der Waals surface area (Å²) in [6.45, 7) is 2.26. The van der Waals surface area contributed by atoms with E-state index in [0.717, 1.165) is 0 Å². The molecule has 0 unspecified atom stereocenters. The maximum atomic E-state index is 13.7. The average molecular weight is 356 g/mol. The Morgan fingerprint density at radius 2 is 1.40 bits per heavy atom. The van der Waals surface area contributed by atoms with Crippen LogP contribution >= 0.6 is 0 Å². The fourth-order valence-electron chi connectivity index (χ4n) is 2.51. The summed E-state index contributed by atoms with van der Waals surface area (Å²) in [5, 5.41) is 0. The van der Waals surface area contributed by atoms with Gasteiger partial charge in [0, 0.05) is 19.3 Å². The van der Waals surface area contributed by atoms with Gasteiger partial charge in [0.15, 0.2) is 23.3 Å². The Kier molecular flexibility index (Phi) is 4.98. The number of aliphatic imine (C=N–C) groups is 1. The molecule has 0 aromatic heterocycles. The lowest BCUT2D eigenvalue weighted by Crippen LogP contribution is -2.36. The van der Waals surface area contributed by atoms with Crippen LogP contribution in [0.1, 0.15) is 5.56 Å². The van der Waals surface area contributed by atoms with Gasteiger partial charge in [-0.25, -0.2) is 22.0 Å². The summed E-state index contributed by atoms with van der Waals surface area (Å²) in [6.07, 6.45) is 0.648. The minimum atomic E-state index is -2.19. The van der Waals surface area contributed by atoms with Gasteiger partial charge in [-0.2, -0.15) is 0 Å². The Labute approximate surface area is 140 Å². The van der Waals surface area contributed by atoms with Crippen LogP contribution in [0, 0.1) is 29.1 Å². The average Bonchev–Trinajstić information content (AvgIpc) is 2.66. The summed E-state index contributed by atoms with van der Waals surface area (Å²) in [7, 11) is 0. The van der Waals surface area contributed by atoms with E-state index in [9.17, 15) is 22.0 Å². The molecule has 2 aromatic carbocycles. The maximum Gasteiger partial charge on any atom is 0.200 e. The van der Waals surface area contributed by atoms with Crippen molar-refractivity contribution in [3.63, 3.8) is 0 Å². The minimum absolute atomic E-state index is 0.355. The molecule has 1 aliphatic heterocycles. The number of hydrogen-bond donors (Lipinski definition) is 0. The van der Waals surface area contributed by atoms with Crippen molar-refractivity contribution in [1.29, 1.82) is 0 Å². The van der Waals surface area contributed by atoms with Gasteiger partial charge in [-0.3, -0.25) is 4.99 Å². The fraction of sp³-hybridized carbons (Fsp3) is 0.235. The Hall–Kier alpha value is -2.48. The highest BCUT2D eigenvalue weighted by Crippen LogP contribution is 2.29. The van der Waals surface area contributed by atoms with E-state index in [2.05, 4.69) is 4.99 Å². The van der Waals surface area contributed by atoms with Crippen LogP contribution in [0.4, 0.5) is 33.3 Å². The van der Waals surface area contributed by atoms with Crippen LogP contribution in [0.3, 0.4) is 0 Å². The first kappa shape index (κ1) is 17.3. The molecule has 2 aromatic rings. The number of nitrogens with zero attached hydrogens (tertiary/aromatic N) is 2. The minimum Gasteiger partial charge on any atom is -0.378 e. The van der Waals surface area contributed by atoms with E-state index in [-0.39, 0.29) is 0 Å². The van der Waals surface area contributed by atoms with Gasteiger partial charge in [-0.15, -0.1) is 0 Å². The van der Waals surface area contributed by atoms with Crippen molar-refractivity contribution in [3.8, 4) is 0 Å². The highest BCUT2D eigenvalue weighted by Gasteiger charge is 2.24. The molecule has 8 heteroatoms. The van der Waals surface area contributed by atoms with Crippen LogP contribution in [-0.4, -0.2) is 32.5 Å². The fourth-order valence-corrected chi connectivity index (χ4v) is 2.51. The normalized spacial score (nSPS) is 15.2. The number of benzene rings is 2. The molecule has 0 bridgehead atoms. The highest BCUT2D eigenvalue weighted by molar-refractivity contribution is 5.85. The molecule has 0 aliphatic carbocycles. The number of halogens is 5. The lowest BCUT2D eigenvalue weighted by molar-refractivity contribution is 0.123. The second kappa shape index (κ2) is 7.18. The Bertz CT molecular complexity index is 790. The summed E-state index contributed by atoms with van der Waals surface area (Å²) in [6, 6.07) is 6.78. The van der Waals surface area contributed by atoms with Gasteiger partial charge in [0.25, 0.3) is 0 Å². The topological polar surface area (TPSA) is 24.8 Å². The zero-order valence-corrected chi connectivity index (χ0v) is 12.9. The first-order chi connectivity index (χ1) is 12.0. The highest BCUT2D eigenvalue weighted by atomic mass is 19.2. The molecule has 0 amide bonds. The van der Waals surface area contributed by atoms with Crippen molar-refractivity contribution in [3.05, 3.63) is 58.9 Å². The molecule has 3 rings (SSSR count). The summed E-state index contributed by atoms with van der Waals surface area (Å²) in [4.78, 5) is 5.91. The van der Waals surface area contributed by atoms with Crippen molar-refractivity contribution in [2.24, 2.45) is 4.99 Å². The number of anilines is 1. The molecular weight excluding hydrogens is 343 g/mol. The van der Waals surface area contributed by atoms with E-state index < -0.39 is 34.6 Å². The summed E-state index contributed by atoms with van der Waals surface area (Å²) in [5.41, 5.74) is -0.0348. The quantitative estimate of drug-likeness (QED) is 0.360. The van der Waals surface area contributed by atoms with E-state index >= 15 is 0 Å². The molecule has 1 fully saturated rings. The maximum absolute atomic E-state index is 13.7. The standard InChI is InChI=1S/C17H13F5N2O/c18-13-10(14(19)16(21)17(22)15(13)20)9-23-11-3-1-2-4-12(11)24-5-7-25-8-6-24/h1-4,9H,5-8H2. The largest absolute Gasteiger partial charge is 0.378 e. The summed E-state index contributed by atoms with van der Waals surface area (Å²) in [5.74, 6) is -10.0. The van der Waals surface area contributed by atoms with E-state index in [4.69, 9.17) is 4.74 Å². The predicted octanol–water partition coefficient (Wildman–Crippen LogP) is 3.97. The molecular formula is C17H13F5N2O. The first-order valence-electron chi connectivity index (χ1n) is 7.48. The summed E-state index contributed by atoms with van der Waals surface area (Å²) < 4.78 is 72.3. The number of ether oxygens (including phenoxy) is 1. The third-order valence-corrected chi connectivity index (χ3v) is 3.81. The molecule has 1 heterocycles.